The first-order chi connectivity index (χ1) is 30.0. The van der Waals surface area contributed by atoms with Crippen molar-refractivity contribution in [1.82, 2.24) is 4.57 Å². The van der Waals surface area contributed by atoms with Gasteiger partial charge in [0.2, 0.25) is 0 Å². The summed E-state index contributed by atoms with van der Waals surface area (Å²) in [6.07, 6.45) is 20.0. The second kappa shape index (κ2) is 18.8. The molecule has 9 rings (SSSR count). The molecule has 2 aliphatic rings. The number of hydrogen-bond acceptors (Lipinski definition) is 0. The predicted octanol–water partition coefficient (Wildman–Crippen LogP) is 15.8. The summed E-state index contributed by atoms with van der Waals surface area (Å²) in [5.74, 6) is 0. The highest BCUT2D eigenvalue weighted by atomic mass is 15.0. The van der Waals surface area contributed by atoms with E-state index in [1.54, 1.807) is 0 Å². The van der Waals surface area contributed by atoms with Crippen LogP contribution in [0.15, 0.2) is 273 Å². The van der Waals surface area contributed by atoms with Crippen LogP contribution in [0, 0.1) is 6.92 Å². The van der Waals surface area contributed by atoms with E-state index in [9.17, 15) is 0 Å². The number of hydrogen-bond donors (Lipinski definition) is 0. The summed E-state index contributed by atoms with van der Waals surface area (Å²) in [4.78, 5) is 0. The van der Waals surface area contributed by atoms with Gasteiger partial charge in [0, 0.05) is 16.5 Å². The molecule has 1 unspecified atom stereocenters. The Morgan fingerprint density at radius 1 is 0.557 bits per heavy atom. The molecule has 7 aromatic rings. The maximum absolute atomic E-state index is 4.92. The van der Waals surface area contributed by atoms with Crippen molar-refractivity contribution < 1.29 is 0 Å². The number of fused-ring (bicyclic) bond motifs is 3. The molecule has 0 fully saturated rings. The van der Waals surface area contributed by atoms with E-state index in [1.165, 1.54) is 33.1 Å². The number of allylic oxidation sites excluding steroid dienone is 14. The highest BCUT2D eigenvalue weighted by molar-refractivity contribution is 6.09. The van der Waals surface area contributed by atoms with Gasteiger partial charge in [-0.15, -0.1) is 0 Å². The fourth-order valence-corrected chi connectivity index (χ4v) is 9.46. The summed E-state index contributed by atoms with van der Waals surface area (Å²) in [7, 11) is 0. The highest BCUT2D eigenvalue weighted by Crippen LogP contribution is 2.62. The molecule has 300 valence electrons. The van der Waals surface area contributed by atoms with E-state index >= 15 is 0 Å². The van der Waals surface area contributed by atoms with Gasteiger partial charge in [0.1, 0.15) is 0 Å². The van der Waals surface area contributed by atoms with Crippen LogP contribution in [0.5, 0.6) is 0 Å². The molecule has 2 aliphatic carbocycles. The number of aromatic nitrogens is 1. The van der Waals surface area contributed by atoms with Gasteiger partial charge in [0.15, 0.2) is 0 Å². The molecule has 0 radical (unpaired) electrons. The SMILES string of the molecule is C=C/C=C1\C(=C)C(c2ccccc2)(c2ccccc2)C(C=C)=C(C=C)C1(C1=CC=CCC=C1)c1ccccc1.CC.Cc1ccc2c(c1)c1ccccc1n2-c1ccccc1. The second-order valence-corrected chi connectivity index (χ2v) is 15.0. The molecule has 0 saturated carbocycles. The molecule has 0 N–H and O–H groups in total. The van der Waals surface area contributed by atoms with Crippen molar-refractivity contribution in [2.45, 2.75) is 38.0 Å². The largest absolute Gasteiger partial charge is 0.309 e. The quantitative estimate of drug-likeness (QED) is 0.145. The number of para-hydroxylation sites is 2. The van der Waals surface area contributed by atoms with Crippen molar-refractivity contribution in [3.8, 4) is 5.69 Å². The summed E-state index contributed by atoms with van der Waals surface area (Å²) in [6, 6.07) is 57.8. The summed E-state index contributed by atoms with van der Waals surface area (Å²) in [6.45, 7) is 24.1. The van der Waals surface area contributed by atoms with E-state index in [2.05, 4.69) is 231 Å². The summed E-state index contributed by atoms with van der Waals surface area (Å²) < 4.78 is 2.34. The third-order valence-corrected chi connectivity index (χ3v) is 11.9. The Hall–Kier alpha value is -7.22. The zero-order valence-corrected chi connectivity index (χ0v) is 35.8. The Morgan fingerprint density at radius 2 is 1.07 bits per heavy atom. The zero-order chi connectivity index (χ0) is 42.8. The van der Waals surface area contributed by atoms with Gasteiger partial charge in [-0.25, -0.2) is 0 Å². The van der Waals surface area contributed by atoms with Crippen LogP contribution in [0.25, 0.3) is 27.5 Å². The standard InChI is InChI=1S/C39H34.C19H15N.C2H6/c1-5-21-37-30(4)38(31-22-15-10-16-23-31,32-24-17-11-18-25-32)35(6-2)36(7-3)39(37,34-28-19-12-20-29-34)33-26-13-8-9-14-27-33;1-14-11-12-19-17(13-14)16-9-5-6-10-18(16)20(19)15-7-3-2-4-8-15;1-2/h5-8,10-29H,1-4,9H2;2-13H,1H3;1-2H3/b37-21+;;. The molecule has 0 spiro atoms. The second-order valence-electron chi connectivity index (χ2n) is 15.0. The normalized spacial score (nSPS) is 17.4. The molecule has 6 aromatic carbocycles. The minimum absolute atomic E-state index is 0.671. The molecule has 1 heteroatoms. The van der Waals surface area contributed by atoms with Crippen molar-refractivity contribution in [1.29, 1.82) is 0 Å². The van der Waals surface area contributed by atoms with Crippen molar-refractivity contribution in [2.75, 3.05) is 0 Å². The average Bonchev–Trinajstić information content (AvgIpc) is 3.42. The van der Waals surface area contributed by atoms with Gasteiger partial charge in [0.25, 0.3) is 0 Å². The fraction of sp³-hybridized carbons (Fsp3) is 0.100. The van der Waals surface area contributed by atoms with Crippen LogP contribution >= 0.6 is 0 Å². The van der Waals surface area contributed by atoms with Crippen molar-refractivity contribution in [3.05, 3.63) is 295 Å². The number of rotatable bonds is 8. The van der Waals surface area contributed by atoms with Crippen LogP contribution in [0.2, 0.25) is 0 Å². The maximum Gasteiger partial charge on any atom is 0.0707 e. The van der Waals surface area contributed by atoms with Gasteiger partial charge >= 0.3 is 0 Å². The molecule has 61 heavy (non-hydrogen) atoms. The van der Waals surface area contributed by atoms with Gasteiger partial charge in [-0.05, 0) is 88.2 Å². The monoisotopic (exact) mass is 789 g/mol. The Morgan fingerprint density at radius 3 is 1.64 bits per heavy atom. The first kappa shape index (κ1) is 41.9. The molecule has 1 nitrogen and oxygen atoms in total. The summed E-state index contributed by atoms with van der Waals surface area (Å²) >= 11 is 0. The van der Waals surface area contributed by atoms with E-state index in [0.29, 0.717) is 0 Å². The minimum Gasteiger partial charge on any atom is -0.309 e. The van der Waals surface area contributed by atoms with Crippen LogP contribution in [0.3, 0.4) is 0 Å². The Balaban J connectivity index is 0.000000212. The highest BCUT2D eigenvalue weighted by Gasteiger charge is 2.55. The van der Waals surface area contributed by atoms with Crippen molar-refractivity contribution in [2.24, 2.45) is 0 Å². The van der Waals surface area contributed by atoms with Gasteiger partial charge in [-0.3, -0.25) is 0 Å². The first-order valence-corrected chi connectivity index (χ1v) is 21.3. The predicted molar refractivity (Wildman–Crippen MR) is 264 cm³/mol. The lowest BCUT2D eigenvalue weighted by Crippen LogP contribution is -2.46. The average molecular weight is 790 g/mol. The molecule has 0 bridgehead atoms. The molecule has 1 heterocycles. The van der Waals surface area contributed by atoms with E-state index < -0.39 is 10.8 Å². The molecule has 0 saturated heterocycles. The van der Waals surface area contributed by atoms with Gasteiger partial charge in [-0.1, -0.05) is 234 Å². The van der Waals surface area contributed by atoms with E-state index in [1.807, 2.05) is 32.1 Å². The number of benzene rings is 6. The summed E-state index contributed by atoms with van der Waals surface area (Å²) in [5, 5.41) is 2.64. The topological polar surface area (TPSA) is 4.93 Å². The molecule has 0 amide bonds. The smallest absolute Gasteiger partial charge is 0.0707 e. The molecule has 0 aliphatic heterocycles. The van der Waals surface area contributed by atoms with Gasteiger partial charge < -0.3 is 4.57 Å². The number of nitrogens with zero attached hydrogens (tertiary/aromatic N) is 1. The summed E-state index contributed by atoms with van der Waals surface area (Å²) in [5.41, 5.74) is 12.5. The van der Waals surface area contributed by atoms with Crippen molar-refractivity contribution >= 4 is 21.8 Å². The first-order valence-electron chi connectivity index (χ1n) is 21.3. The lowest BCUT2D eigenvalue weighted by atomic mass is 9.48. The lowest BCUT2D eigenvalue weighted by molar-refractivity contribution is 0.605. The Kier molecular flexibility index (Phi) is 12.9. The van der Waals surface area contributed by atoms with Gasteiger partial charge in [0.05, 0.1) is 21.9 Å². The zero-order valence-electron chi connectivity index (χ0n) is 35.8. The van der Waals surface area contributed by atoms with Crippen LogP contribution in [0.1, 0.15) is 42.5 Å². The third-order valence-electron chi connectivity index (χ3n) is 11.9. The molecule has 1 atom stereocenters. The van der Waals surface area contributed by atoms with Crippen LogP contribution in [-0.4, -0.2) is 4.57 Å². The van der Waals surface area contributed by atoms with E-state index in [0.717, 1.165) is 51.0 Å². The Labute approximate surface area is 363 Å². The Bertz CT molecular complexity index is 2800. The van der Waals surface area contributed by atoms with Crippen molar-refractivity contribution in [3.63, 3.8) is 0 Å². The van der Waals surface area contributed by atoms with E-state index in [-0.39, 0.29) is 0 Å². The molecular weight excluding hydrogens is 735 g/mol. The maximum atomic E-state index is 4.92. The van der Waals surface area contributed by atoms with Gasteiger partial charge in [-0.2, -0.15) is 0 Å². The van der Waals surface area contributed by atoms with E-state index in [4.69, 9.17) is 6.58 Å². The molecular formula is C60H55N. The minimum atomic E-state index is -0.675. The third kappa shape index (κ3) is 7.27. The molecule has 1 aromatic heterocycles. The number of aryl methyl sites for hydroxylation is 1. The lowest BCUT2D eigenvalue weighted by Gasteiger charge is -2.53. The van der Waals surface area contributed by atoms with Crippen LogP contribution in [0.4, 0.5) is 0 Å². The van der Waals surface area contributed by atoms with Crippen LogP contribution in [-0.2, 0) is 10.8 Å². The fourth-order valence-electron chi connectivity index (χ4n) is 9.46. The van der Waals surface area contributed by atoms with Crippen LogP contribution < -0.4 is 0 Å².